The molecule has 0 aromatic heterocycles. The average molecular weight is 303 g/mol. The summed E-state index contributed by atoms with van der Waals surface area (Å²) < 4.78 is 24.3. The predicted octanol–water partition coefficient (Wildman–Crippen LogP) is 0.188. The van der Waals surface area contributed by atoms with Gasteiger partial charge >= 0.3 is 0 Å². The molecule has 0 bridgehead atoms. The molecule has 3 N–H and O–H groups in total. The molecule has 1 aliphatic heterocycles. The van der Waals surface area contributed by atoms with E-state index >= 15 is 0 Å². The first-order valence-electron chi connectivity index (χ1n) is 7.32. The molecule has 2 aliphatic rings. The summed E-state index contributed by atoms with van der Waals surface area (Å²) in [5.74, 6) is 0.00667. The van der Waals surface area contributed by atoms with Gasteiger partial charge in [-0.2, -0.15) is 0 Å². The Bertz CT molecular complexity index is 449. The molecule has 0 aromatic carbocycles. The molecule has 6 nitrogen and oxygen atoms in total. The van der Waals surface area contributed by atoms with E-state index in [4.69, 9.17) is 5.73 Å². The Morgan fingerprint density at radius 2 is 1.85 bits per heavy atom. The molecule has 116 valence electrons. The van der Waals surface area contributed by atoms with Crippen molar-refractivity contribution in [1.29, 1.82) is 0 Å². The monoisotopic (exact) mass is 303 g/mol. The van der Waals surface area contributed by atoms with Crippen LogP contribution in [0.2, 0.25) is 0 Å². The van der Waals surface area contributed by atoms with Gasteiger partial charge in [-0.1, -0.05) is 12.8 Å². The van der Waals surface area contributed by atoms with E-state index in [1.165, 1.54) is 10.6 Å². The fourth-order valence-corrected chi connectivity index (χ4v) is 4.06. The van der Waals surface area contributed by atoms with Crippen LogP contribution < -0.4 is 11.1 Å². The molecule has 1 saturated carbocycles. The number of nitrogens with one attached hydrogen (secondary N) is 1. The largest absolute Gasteiger partial charge is 0.353 e. The number of amides is 1. The summed E-state index contributed by atoms with van der Waals surface area (Å²) in [4.78, 5) is 12.0. The Morgan fingerprint density at radius 1 is 1.30 bits per heavy atom. The van der Waals surface area contributed by atoms with Gasteiger partial charge in [0.05, 0.1) is 6.26 Å². The molecule has 1 aliphatic carbocycles. The van der Waals surface area contributed by atoms with E-state index in [0.717, 1.165) is 25.7 Å². The van der Waals surface area contributed by atoms with Gasteiger partial charge in [-0.25, -0.2) is 12.7 Å². The van der Waals surface area contributed by atoms with Gasteiger partial charge in [0.2, 0.25) is 15.9 Å². The number of carbonyl (C=O) groups excluding carboxylic acids is 1. The molecule has 1 saturated heterocycles. The lowest BCUT2D eigenvalue weighted by atomic mass is 9.94. The van der Waals surface area contributed by atoms with E-state index < -0.39 is 10.0 Å². The highest BCUT2D eigenvalue weighted by Gasteiger charge is 2.33. The van der Waals surface area contributed by atoms with Crippen LogP contribution in [0.1, 0.15) is 44.9 Å². The minimum atomic E-state index is -3.11. The average Bonchev–Trinajstić information content (AvgIpc) is 2.74. The number of rotatable bonds is 4. The van der Waals surface area contributed by atoms with Crippen LogP contribution in [-0.2, 0) is 14.8 Å². The third-order valence-electron chi connectivity index (χ3n) is 4.40. The highest BCUT2D eigenvalue weighted by atomic mass is 32.2. The number of nitrogens with two attached hydrogens (primary N) is 1. The zero-order chi connectivity index (χ0) is 14.8. The van der Waals surface area contributed by atoms with Crippen LogP contribution in [0.4, 0.5) is 0 Å². The molecule has 0 aromatic rings. The van der Waals surface area contributed by atoms with Crippen LogP contribution in [0.25, 0.3) is 0 Å². The van der Waals surface area contributed by atoms with Gasteiger partial charge in [0.25, 0.3) is 0 Å². The predicted molar refractivity (Wildman–Crippen MR) is 77.6 cm³/mol. The zero-order valence-corrected chi connectivity index (χ0v) is 12.9. The van der Waals surface area contributed by atoms with Gasteiger partial charge in [0.1, 0.15) is 0 Å². The second-order valence-electron chi connectivity index (χ2n) is 6.25. The summed E-state index contributed by atoms with van der Waals surface area (Å²) in [6, 6.07) is 0.0745. The first-order valence-corrected chi connectivity index (χ1v) is 9.17. The standard InChI is InChI=1S/C13H25N3O3S/c1-20(18,19)16-8-4-11(5-9-16)15-12(17)10-13(14)6-2-3-7-13/h11H,2-10,14H2,1H3,(H,15,17). The normalized spacial score (nSPS) is 24.7. The van der Waals surface area contributed by atoms with Gasteiger partial charge in [-0.15, -0.1) is 0 Å². The molecular weight excluding hydrogens is 278 g/mol. The lowest BCUT2D eigenvalue weighted by molar-refractivity contribution is -0.123. The zero-order valence-electron chi connectivity index (χ0n) is 12.1. The maximum Gasteiger partial charge on any atom is 0.222 e. The fourth-order valence-electron chi connectivity index (χ4n) is 3.19. The van der Waals surface area contributed by atoms with Crippen LogP contribution in [0, 0.1) is 0 Å². The van der Waals surface area contributed by atoms with E-state index in [9.17, 15) is 13.2 Å². The van der Waals surface area contributed by atoms with Crippen molar-refractivity contribution < 1.29 is 13.2 Å². The molecular formula is C13H25N3O3S. The highest BCUT2D eigenvalue weighted by molar-refractivity contribution is 7.88. The van der Waals surface area contributed by atoms with Gasteiger partial charge in [-0.05, 0) is 25.7 Å². The summed E-state index contributed by atoms with van der Waals surface area (Å²) in [7, 11) is -3.11. The van der Waals surface area contributed by atoms with Crippen molar-refractivity contribution >= 4 is 15.9 Å². The number of sulfonamides is 1. The van der Waals surface area contributed by atoms with Crippen LogP contribution in [0.5, 0.6) is 0 Å². The fraction of sp³-hybridized carbons (Fsp3) is 0.923. The number of hydrogen-bond acceptors (Lipinski definition) is 4. The van der Waals surface area contributed by atoms with Gasteiger partial charge < -0.3 is 11.1 Å². The molecule has 0 spiro atoms. The molecule has 1 heterocycles. The molecule has 20 heavy (non-hydrogen) atoms. The first kappa shape index (κ1) is 15.7. The maximum absolute atomic E-state index is 12.0. The van der Waals surface area contributed by atoms with E-state index in [-0.39, 0.29) is 17.5 Å². The van der Waals surface area contributed by atoms with Crippen molar-refractivity contribution in [2.24, 2.45) is 5.73 Å². The second-order valence-corrected chi connectivity index (χ2v) is 8.23. The summed E-state index contributed by atoms with van der Waals surface area (Å²) in [6.07, 6.45) is 7.03. The van der Waals surface area contributed by atoms with E-state index in [2.05, 4.69) is 5.32 Å². The topological polar surface area (TPSA) is 92.5 Å². The maximum atomic E-state index is 12.0. The van der Waals surface area contributed by atoms with Crippen molar-refractivity contribution in [3.8, 4) is 0 Å². The highest BCUT2D eigenvalue weighted by Crippen LogP contribution is 2.30. The molecule has 2 fully saturated rings. The van der Waals surface area contributed by atoms with Crippen molar-refractivity contribution in [3.63, 3.8) is 0 Å². The van der Waals surface area contributed by atoms with E-state index in [1.54, 1.807) is 0 Å². The van der Waals surface area contributed by atoms with Crippen molar-refractivity contribution in [2.75, 3.05) is 19.3 Å². The number of nitrogens with zero attached hydrogens (tertiary/aromatic N) is 1. The molecule has 0 unspecified atom stereocenters. The third-order valence-corrected chi connectivity index (χ3v) is 5.70. The van der Waals surface area contributed by atoms with Crippen LogP contribution in [0.15, 0.2) is 0 Å². The molecule has 0 atom stereocenters. The number of carbonyl (C=O) groups is 1. The molecule has 0 radical (unpaired) electrons. The lowest BCUT2D eigenvalue weighted by Crippen LogP contribution is -2.49. The summed E-state index contributed by atoms with van der Waals surface area (Å²) in [5, 5.41) is 3.00. The van der Waals surface area contributed by atoms with Crippen molar-refractivity contribution in [1.82, 2.24) is 9.62 Å². The number of piperidine rings is 1. The van der Waals surface area contributed by atoms with Crippen LogP contribution >= 0.6 is 0 Å². The van der Waals surface area contributed by atoms with Gasteiger partial charge in [-0.3, -0.25) is 4.79 Å². The SMILES string of the molecule is CS(=O)(=O)N1CCC(NC(=O)CC2(N)CCCC2)CC1. The third kappa shape index (κ3) is 4.17. The minimum absolute atomic E-state index is 0.00667. The molecule has 2 rings (SSSR count). The smallest absolute Gasteiger partial charge is 0.222 e. The Balaban J connectivity index is 1.76. The Kier molecular flexibility index (Phi) is 4.71. The summed E-state index contributed by atoms with van der Waals surface area (Å²) >= 11 is 0. The van der Waals surface area contributed by atoms with Crippen LogP contribution in [-0.4, -0.2) is 49.6 Å². The quantitative estimate of drug-likeness (QED) is 0.775. The van der Waals surface area contributed by atoms with E-state index in [1.807, 2.05) is 0 Å². The first-order chi connectivity index (χ1) is 9.28. The van der Waals surface area contributed by atoms with Gasteiger partial charge in [0, 0.05) is 31.1 Å². The summed E-state index contributed by atoms with van der Waals surface area (Å²) in [6.45, 7) is 0.967. The van der Waals surface area contributed by atoms with Gasteiger partial charge in [0.15, 0.2) is 0 Å². The Hall–Kier alpha value is -0.660. The Labute approximate surface area is 121 Å². The van der Waals surface area contributed by atoms with Crippen LogP contribution in [0.3, 0.4) is 0 Å². The summed E-state index contributed by atoms with van der Waals surface area (Å²) in [5.41, 5.74) is 5.87. The number of hydrogen-bond donors (Lipinski definition) is 2. The van der Waals surface area contributed by atoms with Crippen molar-refractivity contribution in [2.45, 2.75) is 56.5 Å². The van der Waals surface area contributed by atoms with E-state index in [0.29, 0.717) is 32.4 Å². The minimum Gasteiger partial charge on any atom is -0.353 e. The lowest BCUT2D eigenvalue weighted by Gasteiger charge is -2.31. The molecule has 7 heteroatoms. The molecule has 1 amide bonds. The second kappa shape index (κ2) is 5.99. The Morgan fingerprint density at radius 3 is 2.35 bits per heavy atom. The van der Waals surface area contributed by atoms with Crippen molar-refractivity contribution in [3.05, 3.63) is 0 Å².